The summed E-state index contributed by atoms with van der Waals surface area (Å²) in [5.74, 6) is 0.670. The highest BCUT2D eigenvalue weighted by molar-refractivity contribution is 5.03. The molecule has 0 rings (SSSR count). The van der Waals surface area contributed by atoms with Gasteiger partial charge >= 0.3 is 0 Å². The van der Waals surface area contributed by atoms with Gasteiger partial charge in [-0.15, -0.1) is 6.58 Å². The summed E-state index contributed by atoms with van der Waals surface area (Å²) in [7, 11) is 0. The number of hydrogen-bond donors (Lipinski definition) is 0. The van der Waals surface area contributed by atoms with Crippen LogP contribution in [0.1, 0.15) is 59.8 Å². The Morgan fingerprint density at radius 3 is 2.38 bits per heavy atom. The lowest BCUT2D eigenvalue weighted by Crippen LogP contribution is -1.93. The van der Waals surface area contributed by atoms with Crippen molar-refractivity contribution < 1.29 is 0 Å². The van der Waals surface area contributed by atoms with E-state index in [2.05, 4.69) is 52.5 Å². The average molecular weight is 220 g/mol. The molecule has 0 aliphatic rings. The molecule has 0 saturated carbocycles. The van der Waals surface area contributed by atoms with E-state index in [4.69, 9.17) is 0 Å². The Hall–Kier alpha value is -0.780. The summed E-state index contributed by atoms with van der Waals surface area (Å²) in [5.41, 5.74) is 2.93. The van der Waals surface area contributed by atoms with Crippen LogP contribution in [0, 0.1) is 5.92 Å². The molecular weight excluding hydrogens is 192 g/mol. The van der Waals surface area contributed by atoms with E-state index in [-0.39, 0.29) is 0 Å². The molecule has 0 aliphatic carbocycles. The fourth-order valence-electron chi connectivity index (χ4n) is 1.75. The molecule has 16 heavy (non-hydrogen) atoms. The van der Waals surface area contributed by atoms with Gasteiger partial charge in [-0.25, -0.2) is 0 Å². The molecule has 0 saturated heterocycles. The van der Waals surface area contributed by atoms with Crippen LogP contribution in [0.25, 0.3) is 0 Å². The van der Waals surface area contributed by atoms with Crippen LogP contribution in [0.2, 0.25) is 0 Å². The van der Waals surface area contributed by atoms with Crippen LogP contribution >= 0.6 is 0 Å². The second-order valence-electron chi connectivity index (χ2n) is 4.89. The molecule has 0 aromatic rings. The zero-order valence-corrected chi connectivity index (χ0v) is 11.6. The molecule has 0 aromatic carbocycles. The normalized spacial score (nSPS) is 13.4. The molecule has 92 valence electrons. The van der Waals surface area contributed by atoms with Gasteiger partial charge in [0.15, 0.2) is 0 Å². The van der Waals surface area contributed by atoms with Crippen molar-refractivity contribution in [1.82, 2.24) is 0 Å². The number of hydrogen-bond acceptors (Lipinski definition) is 0. The Labute approximate surface area is 102 Å². The predicted molar refractivity (Wildman–Crippen MR) is 75.6 cm³/mol. The SMILES string of the molecule is C=CC(C/C=C(\C)CCC=C(C)C)CCC. The van der Waals surface area contributed by atoms with Crippen molar-refractivity contribution in [2.45, 2.75) is 59.8 Å². The Morgan fingerprint density at radius 1 is 1.19 bits per heavy atom. The zero-order chi connectivity index (χ0) is 12.4. The van der Waals surface area contributed by atoms with Crippen LogP contribution in [0.5, 0.6) is 0 Å². The highest BCUT2D eigenvalue weighted by Gasteiger charge is 2.00. The fourth-order valence-corrected chi connectivity index (χ4v) is 1.75. The minimum Gasteiger partial charge on any atom is -0.103 e. The van der Waals surface area contributed by atoms with Crippen LogP contribution in [0.4, 0.5) is 0 Å². The van der Waals surface area contributed by atoms with E-state index in [9.17, 15) is 0 Å². The number of rotatable bonds is 8. The first kappa shape index (κ1) is 15.2. The third-order valence-corrected chi connectivity index (χ3v) is 2.85. The lowest BCUT2D eigenvalue weighted by atomic mass is 9.98. The predicted octanol–water partition coefficient (Wildman–Crippen LogP) is 5.67. The van der Waals surface area contributed by atoms with E-state index in [0.29, 0.717) is 5.92 Å². The second-order valence-corrected chi connectivity index (χ2v) is 4.89. The molecule has 0 aromatic heterocycles. The maximum atomic E-state index is 3.90. The molecule has 0 amide bonds. The van der Waals surface area contributed by atoms with Gasteiger partial charge in [-0.2, -0.15) is 0 Å². The smallest absolute Gasteiger partial charge is 0.0202 e. The molecule has 0 radical (unpaired) electrons. The summed E-state index contributed by atoms with van der Waals surface area (Å²) in [6, 6.07) is 0. The maximum absolute atomic E-state index is 3.90. The van der Waals surface area contributed by atoms with E-state index in [0.717, 1.165) is 6.42 Å². The van der Waals surface area contributed by atoms with Crippen molar-refractivity contribution >= 4 is 0 Å². The highest BCUT2D eigenvalue weighted by atomic mass is 14.1. The Morgan fingerprint density at radius 2 is 1.88 bits per heavy atom. The van der Waals surface area contributed by atoms with Gasteiger partial charge in [-0.3, -0.25) is 0 Å². The lowest BCUT2D eigenvalue weighted by Gasteiger charge is -2.08. The van der Waals surface area contributed by atoms with Crippen molar-refractivity contribution in [3.05, 3.63) is 36.0 Å². The summed E-state index contributed by atoms with van der Waals surface area (Å²) in [5, 5.41) is 0. The van der Waals surface area contributed by atoms with Crippen molar-refractivity contribution in [1.29, 1.82) is 0 Å². The van der Waals surface area contributed by atoms with Gasteiger partial charge < -0.3 is 0 Å². The first-order valence-corrected chi connectivity index (χ1v) is 6.51. The van der Waals surface area contributed by atoms with Gasteiger partial charge in [0, 0.05) is 0 Å². The van der Waals surface area contributed by atoms with E-state index in [1.807, 2.05) is 0 Å². The third kappa shape index (κ3) is 8.52. The van der Waals surface area contributed by atoms with Gasteiger partial charge in [0.1, 0.15) is 0 Å². The third-order valence-electron chi connectivity index (χ3n) is 2.85. The second kappa shape index (κ2) is 9.45. The fraction of sp³-hybridized carbons (Fsp3) is 0.625. The van der Waals surface area contributed by atoms with Crippen LogP contribution < -0.4 is 0 Å². The van der Waals surface area contributed by atoms with Crippen molar-refractivity contribution in [2.24, 2.45) is 5.92 Å². The average Bonchev–Trinajstić information content (AvgIpc) is 2.23. The molecule has 0 heteroatoms. The zero-order valence-electron chi connectivity index (χ0n) is 11.6. The van der Waals surface area contributed by atoms with E-state index in [1.54, 1.807) is 0 Å². The topological polar surface area (TPSA) is 0 Å². The lowest BCUT2D eigenvalue weighted by molar-refractivity contribution is 0.587. The van der Waals surface area contributed by atoms with Gasteiger partial charge in [-0.05, 0) is 52.4 Å². The van der Waals surface area contributed by atoms with Gasteiger partial charge in [-0.1, -0.05) is 42.7 Å². The van der Waals surface area contributed by atoms with Crippen molar-refractivity contribution in [3.63, 3.8) is 0 Å². The van der Waals surface area contributed by atoms with Crippen LogP contribution in [-0.4, -0.2) is 0 Å². The molecule has 0 bridgehead atoms. The summed E-state index contributed by atoms with van der Waals surface area (Å²) >= 11 is 0. The largest absolute Gasteiger partial charge is 0.103 e. The minimum absolute atomic E-state index is 0.670. The van der Waals surface area contributed by atoms with Gasteiger partial charge in [0.25, 0.3) is 0 Å². The standard InChI is InChI=1S/C16H28/c1-6-9-16(7-2)13-12-15(5)11-8-10-14(3)4/h7,10,12,16H,2,6,8-9,11,13H2,1,3-5H3/b15-12+. The van der Waals surface area contributed by atoms with E-state index in [1.165, 1.54) is 36.8 Å². The molecule has 0 fully saturated rings. The van der Waals surface area contributed by atoms with Crippen LogP contribution in [-0.2, 0) is 0 Å². The van der Waals surface area contributed by atoms with E-state index < -0.39 is 0 Å². The minimum atomic E-state index is 0.670. The Kier molecular flexibility index (Phi) is 8.99. The van der Waals surface area contributed by atoms with Crippen LogP contribution in [0.15, 0.2) is 36.0 Å². The Bertz CT molecular complexity index is 239. The summed E-state index contributed by atoms with van der Waals surface area (Å²) in [6.45, 7) is 12.7. The highest BCUT2D eigenvalue weighted by Crippen LogP contribution is 2.16. The van der Waals surface area contributed by atoms with Crippen molar-refractivity contribution in [3.8, 4) is 0 Å². The molecule has 1 atom stereocenters. The first-order chi connectivity index (χ1) is 7.60. The molecule has 1 unspecified atom stereocenters. The Balaban J connectivity index is 3.92. The quantitative estimate of drug-likeness (QED) is 0.462. The summed E-state index contributed by atoms with van der Waals surface area (Å²) in [6.07, 6.45) is 12.9. The maximum Gasteiger partial charge on any atom is -0.0202 e. The summed E-state index contributed by atoms with van der Waals surface area (Å²) < 4.78 is 0. The first-order valence-electron chi connectivity index (χ1n) is 6.51. The van der Waals surface area contributed by atoms with Crippen LogP contribution in [0.3, 0.4) is 0 Å². The molecule has 0 N–H and O–H groups in total. The molecule has 0 nitrogen and oxygen atoms in total. The van der Waals surface area contributed by atoms with Gasteiger partial charge in [0.05, 0.1) is 0 Å². The molecular formula is C16H28. The van der Waals surface area contributed by atoms with Gasteiger partial charge in [0.2, 0.25) is 0 Å². The summed E-state index contributed by atoms with van der Waals surface area (Å²) in [4.78, 5) is 0. The molecule has 0 spiro atoms. The number of allylic oxidation sites excluding steroid dienone is 5. The van der Waals surface area contributed by atoms with E-state index >= 15 is 0 Å². The monoisotopic (exact) mass is 220 g/mol. The molecule has 0 heterocycles. The van der Waals surface area contributed by atoms with Crippen molar-refractivity contribution in [2.75, 3.05) is 0 Å². The molecule has 0 aliphatic heterocycles.